The van der Waals surface area contributed by atoms with Crippen LogP contribution >= 0.6 is 0 Å². The highest BCUT2D eigenvalue weighted by atomic mass is 16.4. The zero-order valence-electron chi connectivity index (χ0n) is 13.9. The first-order valence-corrected chi connectivity index (χ1v) is 7.94. The molecule has 0 aliphatic heterocycles. The molecule has 118 valence electrons. The molecule has 2 atom stereocenters. The van der Waals surface area contributed by atoms with Crippen LogP contribution in [0.25, 0.3) is 0 Å². The number of hydrogen-bond acceptors (Lipinski definition) is 1. The van der Waals surface area contributed by atoms with E-state index in [9.17, 15) is 9.90 Å². The molecule has 1 aromatic carbocycles. The molecule has 1 aromatic rings. The number of rotatable bonds is 9. The fourth-order valence-corrected chi connectivity index (χ4v) is 3.11. The van der Waals surface area contributed by atoms with Crippen molar-refractivity contribution in [2.24, 2.45) is 5.92 Å². The smallest absolute Gasteiger partial charge is 0.362 e. The summed E-state index contributed by atoms with van der Waals surface area (Å²) in [7, 11) is 5.95. The largest absolute Gasteiger partial charge is 0.477 e. The lowest BCUT2D eigenvalue weighted by Gasteiger charge is -2.36. The number of carboxylic acids is 1. The van der Waals surface area contributed by atoms with Gasteiger partial charge in [-0.05, 0) is 18.4 Å². The van der Waals surface area contributed by atoms with Crippen LogP contribution in [0.4, 0.5) is 0 Å². The number of quaternary nitrogens is 1. The van der Waals surface area contributed by atoms with Crippen molar-refractivity contribution in [3.8, 4) is 0 Å². The lowest BCUT2D eigenvalue weighted by Crippen LogP contribution is -2.54. The minimum atomic E-state index is -0.681. The molecule has 3 heteroatoms. The molecule has 0 aliphatic rings. The topological polar surface area (TPSA) is 37.3 Å². The molecule has 0 spiro atoms. The van der Waals surface area contributed by atoms with Crippen LogP contribution in [-0.4, -0.2) is 42.7 Å². The lowest BCUT2D eigenvalue weighted by molar-refractivity contribution is -0.891. The van der Waals surface area contributed by atoms with Crippen LogP contribution in [-0.2, 0) is 11.2 Å². The van der Waals surface area contributed by atoms with Crippen molar-refractivity contribution in [1.82, 2.24) is 0 Å². The van der Waals surface area contributed by atoms with E-state index >= 15 is 0 Å². The summed E-state index contributed by atoms with van der Waals surface area (Å²) >= 11 is 0. The second-order valence-corrected chi connectivity index (χ2v) is 6.84. The van der Waals surface area contributed by atoms with Gasteiger partial charge in [-0.2, -0.15) is 0 Å². The monoisotopic (exact) mass is 292 g/mol. The van der Waals surface area contributed by atoms with Gasteiger partial charge in [-0.3, -0.25) is 0 Å². The number of nitrogens with zero attached hydrogens (tertiary/aromatic N) is 1. The van der Waals surface area contributed by atoms with Crippen LogP contribution in [0.3, 0.4) is 0 Å². The van der Waals surface area contributed by atoms with Crippen molar-refractivity contribution in [1.29, 1.82) is 0 Å². The van der Waals surface area contributed by atoms with Gasteiger partial charge in [-0.25, -0.2) is 4.79 Å². The Balaban J connectivity index is 2.91. The highest BCUT2D eigenvalue weighted by molar-refractivity contribution is 5.72. The molecule has 1 N–H and O–H groups in total. The summed E-state index contributed by atoms with van der Waals surface area (Å²) < 4.78 is 0.471. The Labute approximate surface area is 129 Å². The molecule has 0 amide bonds. The van der Waals surface area contributed by atoms with E-state index < -0.39 is 5.97 Å². The highest BCUT2D eigenvalue weighted by Crippen LogP contribution is 2.25. The van der Waals surface area contributed by atoms with Crippen LogP contribution in [0.15, 0.2) is 30.3 Å². The molecule has 0 aliphatic carbocycles. The Bertz CT molecular complexity index is 423. The number of unbranched alkanes of at least 4 members (excludes halogenated alkanes) is 2. The minimum absolute atomic E-state index is 0.177. The van der Waals surface area contributed by atoms with Gasteiger partial charge in [-0.1, -0.05) is 56.5 Å². The first-order chi connectivity index (χ1) is 9.86. The van der Waals surface area contributed by atoms with E-state index in [0.717, 1.165) is 19.3 Å². The fourth-order valence-electron chi connectivity index (χ4n) is 3.11. The molecule has 1 rings (SSSR count). The number of likely N-dealkylation sites (N-methyl/N-ethyl adjacent to an activating group) is 1. The summed E-state index contributed by atoms with van der Waals surface area (Å²) in [6.45, 7) is 2.18. The number of carbonyl (C=O) groups is 1. The maximum Gasteiger partial charge on any atom is 0.362 e. The zero-order valence-corrected chi connectivity index (χ0v) is 13.9. The molecule has 0 heterocycles. The Morgan fingerprint density at radius 1 is 1.14 bits per heavy atom. The van der Waals surface area contributed by atoms with Crippen molar-refractivity contribution in [2.45, 2.75) is 45.1 Å². The predicted molar refractivity (Wildman–Crippen MR) is 87.2 cm³/mol. The Morgan fingerprint density at radius 2 is 1.76 bits per heavy atom. The molecule has 0 aromatic heterocycles. The maximum absolute atomic E-state index is 11.8. The van der Waals surface area contributed by atoms with Gasteiger partial charge >= 0.3 is 5.97 Å². The molecule has 3 nitrogen and oxygen atoms in total. The van der Waals surface area contributed by atoms with E-state index in [2.05, 4.69) is 19.1 Å². The van der Waals surface area contributed by atoms with Crippen LogP contribution < -0.4 is 0 Å². The summed E-state index contributed by atoms with van der Waals surface area (Å²) in [5.41, 5.74) is 1.23. The van der Waals surface area contributed by atoms with Crippen molar-refractivity contribution >= 4 is 5.97 Å². The molecule has 0 saturated heterocycles. The van der Waals surface area contributed by atoms with E-state index in [1.807, 2.05) is 39.3 Å². The third kappa shape index (κ3) is 5.88. The second kappa shape index (κ2) is 8.18. The Hall–Kier alpha value is -1.35. The molecule has 2 unspecified atom stereocenters. The molecular formula is C18H30NO2+. The molecular weight excluding hydrogens is 262 g/mol. The minimum Gasteiger partial charge on any atom is -0.477 e. The third-order valence-electron chi connectivity index (χ3n) is 4.05. The molecule has 0 fully saturated rings. The fraction of sp³-hybridized carbons (Fsp3) is 0.611. The summed E-state index contributed by atoms with van der Waals surface area (Å²) in [4.78, 5) is 11.8. The SMILES string of the molecule is CCCCCC(Cc1ccccc1)C(C(=O)O)[N+](C)(C)C. The first kappa shape index (κ1) is 17.7. The van der Waals surface area contributed by atoms with Gasteiger partial charge in [0.2, 0.25) is 0 Å². The van der Waals surface area contributed by atoms with Gasteiger partial charge in [0.05, 0.1) is 21.1 Å². The Kier molecular flexibility index (Phi) is 6.90. The maximum atomic E-state index is 11.8. The van der Waals surface area contributed by atoms with Crippen molar-refractivity contribution < 1.29 is 14.4 Å². The lowest BCUT2D eigenvalue weighted by atomic mass is 9.86. The summed E-state index contributed by atoms with van der Waals surface area (Å²) in [5.74, 6) is -0.503. The van der Waals surface area contributed by atoms with Crippen LogP contribution in [0.2, 0.25) is 0 Å². The van der Waals surface area contributed by atoms with Gasteiger partial charge in [0.15, 0.2) is 6.04 Å². The van der Waals surface area contributed by atoms with E-state index in [0.29, 0.717) is 4.48 Å². The number of benzene rings is 1. The van der Waals surface area contributed by atoms with Crippen molar-refractivity contribution in [3.05, 3.63) is 35.9 Å². The van der Waals surface area contributed by atoms with E-state index in [-0.39, 0.29) is 12.0 Å². The third-order valence-corrected chi connectivity index (χ3v) is 4.05. The number of aliphatic carboxylic acids is 1. The van der Waals surface area contributed by atoms with E-state index in [4.69, 9.17) is 0 Å². The van der Waals surface area contributed by atoms with E-state index in [1.54, 1.807) is 0 Å². The molecule has 0 bridgehead atoms. The van der Waals surface area contributed by atoms with Gasteiger partial charge in [-0.15, -0.1) is 0 Å². The molecule has 21 heavy (non-hydrogen) atoms. The first-order valence-electron chi connectivity index (χ1n) is 7.94. The summed E-state index contributed by atoms with van der Waals surface area (Å²) in [6, 6.07) is 9.90. The van der Waals surface area contributed by atoms with Gasteiger partial charge < -0.3 is 9.59 Å². The highest BCUT2D eigenvalue weighted by Gasteiger charge is 2.38. The van der Waals surface area contributed by atoms with Crippen LogP contribution in [0.5, 0.6) is 0 Å². The van der Waals surface area contributed by atoms with Crippen LogP contribution in [0, 0.1) is 5.92 Å². The molecule has 0 saturated carbocycles. The average Bonchev–Trinajstić information content (AvgIpc) is 2.38. The van der Waals surface area contributed by atoms with Crippen LogP contribution in [0.1, 0.15) is 38.2 Å². The number of hydrogen-bond donors (Lipinski definition) is 1. The summed E-state index contributed by atoms with van der Waals surface area (Å²) in [6.07, 6.45) is 5.28. The molecule has 0 radical (unpaired) electrons. The Morgan fingerprint density at radius 3 is 2.24 bits per heavy atom. The van der Waals surface area contributed by atoms with Gasteiger partial charge in [0.1, 0.15) is 0 Å². The quantitative estimate of drug-likeness (QED) is 0.558. The van der Waals surface area contributed by atoms with E-state index in [1.165, 1.54) is 18.4 Å². The second-order valence-electron chi connectivity index (χ2n) is 6.84. The average molecular weight is 292 g/mol. The zero-order chi connectivity index (χ0) is 15.9. The van der Waals surface area contributed by atoms with Crippen molar-refractivity contribution in [3.63, 3.8) is 0 Å². The van der Waals surface area contributed by atoms with Gasteiger partial charge in [0.25, 0.3) is 0 Å². The predicted octanol–water partition coefficient (Wildman–Crippen LogP) is 3.59. The standard InChI is InChI=1S/C18H29NO2/c1-5-6-8-13-16(14-15-11-9-7-10-12-15)17(18(20)21)19(2,3)4/h7,9-12,16-17H,5-6,8,13-14H2,1-4H3/p+1. The van der Waals surface area contributed by atoms with Gasteiger partial charge in [0, 0.05) is 5.92 Å². The summed E-state index contributed by atoms with van der Waals surface area (Å²) in [5, 5.41) is 9.70. The number of carboxylic acid groups (broad SMARTS) is 1. The van der Waals surface area contributed by atoms with Crippen molar-refractivity contribution in [2.75, 3.05) is 21.1 Å². The normalized spacial score (nSPS) is 14.7.